The molecule has 2 saturated carbocycles. The standard InChI is InChI=1S/C14H18F3N5O.ClH/c15-14(16,17)13-20-19-9-6-21(3-4-22(9)13)12(23)10-7-1-2-8(5-7)11(10)18;/h7-8,10-11H,1-6,18H2;1H. The van der Waals surface area contributed by atoms with E-state index in [4.69, 9.17) is 5.73 Å². The molecule has 0 spiro atoms. The van der Waals surface area contributed by atoms with Gasteiger partial charge in [0.15, 0.2) is 5.82 Å². The molecule has 0 radical (unpaired) electrons. The molecule has 6 nitrogen and oxygen atoms in total. The zero-order valence-electron chi connectivity index (χ0n) is 12.9. The number of aromatic nitrogens is 3. The van der Waals surface area contributed by atoms with Gasteiger partial charge in [-0.05, 0) is 31.1 Å². The third kappa shape index (κ3) is 2.57. The average Bonchev–Trinajstić information content (AvgIpc) is 3.18. The molecule has 2 heterocycles. The summed E-state index contributed by atoms with van der Waals surface area (Å²) in [6, 6.07) is -0.119. The van der Waals surface area contributed by atoms with Gasteiger partial charge in [0.2, 0.25) is 11.7 Å². The van der Waals surface area contributed by atoms with E-state index in [0.29, 0.717) is 11.8 Å². The van der Waals surface area contributed by atoms with Crippen LogP contribution in [0.25, 0.3) is 0 Å². The number of hydrogen-bond donors (Lipinski definition) is 1. The Bertz CT molecular complexity index is 647. The maximum absolute atomic E-state index is 12.8. The molecule has 3 aliphatic rings. The molecular formula is C14H19ClF3N5O. The number of rotatable bonds is 1. The fourth-order valence-electron chi connectivity index (χ4n) is 4.47. The van der Waals surface area contributed by atoms with Gasteiger partial charge in [-0.1, -0.05) is 0 Å². The van der Waals surface area contributed by atoms with E-state index in [1.165, 1.54) is 0 Å². The van der Waals surface area contributed by atoms with Crippen molar-refractivity contribution >= 4 is 18.3 Å². The van der Waals surface area contributed by atoms with Crippen LogP contribution in [0.1, 0.15) is 30.9 Å². The molecule has 4 atom stereocenters. The summed E-state index contributed by atoms with van der Waals surface area (Å²) in [4.78, 5) is 14.4. The Balaban J connectivity index is 0.00000169. The number of carbonyl (C=O) groups excluding carboxylic acids is 1. The average molecular weight is 366 g/mol. The van der Waals surface area contributed by atoms with Gasteiger partial charge in [0.25, 0.3) is 0 Å². The van der Waals surface area contributed by atoms with Crippen LogP contribution in [0.5, 0.6) is 0 Å². The van der Waals surface area contributed by atoms with E-state index in [9.17, 15) is 18.0 Å². The number of nitrogens with zero attached hydrogens (tertiary/aromatic N) is 4. The minimum atomic E-state index is -4.52. The molecule has 2 bridgehead atoms. The summed E-state index contributed by atoms with van der Waals surface area (Å²) in [6.45, 7) is 0.384. The van der Waals surface area contributed by atoms with Crippen LogP contribution in [0.2, 0.25) is 0 Å². The van der Waals surface area contributed by atoms with Crippen molar-refractivity contribution in [3.63, 3.8) is 0 Å². The maximum Gasteiger partial charge on any atom is 0.451 e. The van der Waals surface area contributed by atoms with Crippen molar-refractivity contribution in [2.45, 2.75) is 44.6 Å². The highest BCUT2D eigenvalue weighted by molar-refractivity contribution is 5.85. The maximum atomic E-state index is 12.8. The molecule has 10 heteroatoms. The van der Waals surface area contributed by atoms with Gasteiger partial charge in [-0.15, -0.1) is 22.6 Å². The molecule has 2 N–H and O–H groups in total. The van der Waals surface area contributed by atoms with Gasteiger partial charge >= 0.3 is 6.18 Å². The number of amides is 1. The topological polar surface area (TPSA) is 77.0 Å². The lowest BCUT2D eigenvalue weighted by molar-refractivity contribution is -0.148. The van der Waals surface area contributed by atoms with Crippen molar-refractivity contribution in [3.8, 4) is 0 Å². The van der Waals surface area contributed by atoms with Gasteiger partial charge in [-0.25, -0.2) is 0 Å². The van der Waals surface area contributed by atoms with E-state index in [1.54, 1.807) is 4.90 Å². The Morgan fingerprint density at radius 2 is 1.88 bits per heavy atom. The quantitative estimate of drug-likeness (QED) is 0.817. The first-order valence-electron chi connectivity index (χ1n) is 7.90. The highest BCUT2D eigenvalue weighted by atomic mass is 35.5. The molecule has 1 amide bonds. The van der Waals surface area contributed by atoms with Crippen LogP contribution in [0.3, 0.4) is 0 Å². The van der Waals surface area contributed by atoms with Crippen molar-refractivity contribution in [1.29, 1.82) is 0 Å². The predicted molar refractivity (Wildman–Crippen MR) is 80.0 cm³/mol. The molecule has 2 aliphatic carbocycles. The molecule has 0 saturated heterocycles. The van der Waals surface area contributed by atoms with Crippen molar-refractivity contribution in [2.24, 2.45) is 23.5 Å². The first-order valence-corrected chi connectivity index (χ1v) is 7.90. The fraction of sp³-hybridized carbons (Fsp3) is 0.786. The normalized spacial score (nSPS) is 31.8. The van der Waals surface area contributed by atoms with Gasteiger partial charge in [-0.3, -0.25) is 4.79 Å². The summed E-state index contributed by atoms with van der Waals surface area (Å²) in [5.74, 6) is -0.282. The summed E-state index contributed by atoms with van der Waals surface area (Å²) < 4.78 is 39.6. The summed E-state index contributed by atoms with van der Waals surface area (Å²) in [6.07, 6.45) is -1.42. The summed E-state index contributed by atoms with van der Waals surface area (Å²) in [5, 5.41) is 6.86. The zero-order valence-corrected chi connectivity index (χ0v) is 13.7. The van der Waals surface area contributed by atoms with E-state index in [1.807, 2.05) is 0 Å². The Kier molecular flexibility index (Phi) is 4.28. The van der Waals surface area contributed by atoms with Gasteiger partial charge in [0.1, 0.15) is 0 Å². The Hall–Kier alpha value is -1.35. The monoisotopic (exact) mass is 365 g/mol. The van der Waals surface area contributed by atoms with Crippen LogP contribution >= 0.6 is 12.4 Å². The number of fused-ring (bicyclic) bond motifs is 3. The van der Waals surface area contributed by atoms with Crippen LogP contribution in [0.4, 0.5) is 13.2 Å². The van der Waals surface area contributed by atoms with Crippen LogP contribution in [0, 0.1) is 17.8 Å². The first kappa shape index (κ1) is 17.5. The SMILES string of the molecule is Cl.NC1C2CCC(C2)C1C(=O)N1CCn2c(nnc2C(F)(F)F)C1. The Labute approximate surface area is 143 Å². The highest BCUT2D eigenvalue weighted by Gasteiger charge is 2.50. The number of alkyl halides is 3. The smallest absolute Gasteiger partial charge is 0.333 e. The fourth-order valence-corrected chi connectivity index (χ4v) is 4.47. The highest BCUT2D eigenvalue weighted by Crippen LogP contribution is 2.48. The van der Waals surface area contributed by atoms with E-state index in [2.05, 4.69) is 10.2 Å². The van der Waals surface area contributed by atoms with E-state index in [-0.39, 0.29) is 55.7 Å². The Morgan fingerprint density at radius 1 is 1.17 bits per heavy atom. The summed E-state index contributed by atoms with van der Waals surface area (Å²) in [7, 11) is 0. The number of carbonyl (C=O) groups is 1. The molecule has 1 aromatic heterocycles. The minimum absolute atomic E-state index is 0. The summed E-state index contributed by atoms with van der Waals surface area (Å²) >= 11 is 0. The molecule has 24 heavy (non-hydrogen) atoms. The molecule has 4 rings (SSSR count). The van der Waals surface area contributed by atoms with Crippen LogP contribution < -0.4 is 5.73 Å². The van der Waals surface area contributed by atoms with Crippen molar-refractivity contribution in [2.75, 3.05) is 6.54 Å². The second-order valence-corrected chi connectivity index (χ2v) is 6.79. The van der Waals surface area contributed by atoms with E-state index in [0.717, 1.165) is 23.8 Å². The molecule has 0 aromatic carbocycles. The number of halogens is 4. The predicted octanol–water partition coefficient (Wildman–Crippen LogP) is 1.43. The molecule has 1 aliphatic heterocycles. The molecule has 1 aromatic rings. The van der Waals surface area contributed by atoms with Crippen molar-refractivity contribution < 1.29 is 18.0 Å². The lowest BCUT2D eigenvalue weighted by Gasteiger charge is -2.34. The Morgan fingerprint density at radius 3 is 2.50 bits per heavy atom. The molecule has 2 fully saturated rings. The molecule has 4 unspecified atom stereocenters. The molecular weight excluding hydrogens is 347 g/mol. The number of hydrogen-bond acceptors (Lipinski definition) is 4. The van der Waals surface area contributed by atoms with Crippen LogP contribution in [-0.4, -0.2) is 38.2 Å². The van der Waals surface area contributed by atoms with Crippen LogP contribution in [0.15, 0.2) is 0 Å². The van der Waals surface area contributed by atoms with E-state index >= 15 is 0 Å². The van der Waals surface area contributed by atoms with Gasteiger partial charge in [0, 0.05) is 19.1 Å². The lowest BCUT2D eigenvalue weighted by Crippen LogP contribution is -2.49. The van der Waals surface area contributed by atoms with Gasteiger partial charge < -0.3 is 15.2 Å². The zero-order chi connectivity index (χ0) is 16.4. The second-order valence-electron chi connectivity index (χ2n) is 6.79. The van der Waals surface area contributed by atoms with Crippen LogP contribution in [-0.2, 0) is 24.1 Å². The van der Waals surface area contributed by atoms with Gasteiger partial charge in [-0.2, -0.15) is 13.2 Å². The van der Waals surface area contributed by atoms with E-state index < -0.39 is 12.0 Å². The number of nitrogens with two attached hydrogens (primary N) is 1. The first-order chi connectivity index (χ1) is 10.9. The largest absolute Gasteiger partial charge is 0.451 e. The van der Waals surface area contributed by atoms with Gasteiger partial charge in [0.05, 0.1) is 12.5 Å². The minimum Gasteiger partial charge on any atom is -0.333 e. The third-order valence-corrected chi connectivity index (χ3v) is 5.58. The summed E-state index contributed by atoms with van der Waals surface area (Å²) in [5.41, 5.74) is 6.20. The van der Waals surface area contributed by atoms with Crippen molar-refractivity contribution in [1.82, 2.24) is 19.7 Å². The molecule has 134 valence electrons. The van der Waals surface area contributed by atoms with Crippen molar-refractivity contribution in [3.05, 3.63) is 11.6 Å². The second kappa shape index (κ2) is 5.87. The lowest BCUT2D eigenvalue weighted by atomic mass is 9.84. The third-order valence-electron chi connectivity index (χ3n) is 5.58.